The third-order valence-corrected chi connectivity index (χ3v) is 0.962. The Morgan fingerprint density at radius 2 is 2.38 bits per heavy atom. The smallest absolute Gasteiger partial charge is 0.133 e. The van der Waals surface area contributed by atoms with E-state index in [2.05, 4.69) is 0 Å². The summed E-state index contributed by atoms with van der Waals surface area (Å²) in [5, 5.41) is 6.59. The van der Waals surface area contributed by atoms with Crippen molar-refractivity contribution in [3.8, 4) is 0 Å². The zero-order valence-electron chi connectivity index (χ0n) is 5.11. The van der Waals surface area contributed by atoms with Crippen molar-refractivity contribution >= 4 is 12.0 Å². The molecule has 46 valence electrons. The molecule has 0 radical (unpaired) electrons. The van der Waals surface area contributed by atoms with Crippen LogP contribution >= 0.6 is 0 Å². The fraction of sp³-hybridized carbons (Fsp3) is 0.667. The summed E-state index contributed by atoms with van der Waals surface area (Å²) in [7, 11) is 0. The molecule has 2 nitrogen and oxygen atoms in total. The summed E-state index contributed by atoms with van der Waals surface area (Å²) < 4.78 is 0. The maximum absolute atomic E-state index is 10.5. The number of hydrogen-bond acceptors (Lipinski definition) is 2. The molecular weight excluding hydrogens is 102 g/mol. The summed E-state index contributed by atoms with van der Waals surface area (Å²) in [5.74, 6) is 0.244. The second-order valence-electron chi connectivity index (χ2n) is 1.64. The van der Waals surface area contributed by atoms with E-state index in [0.717, 1.165) is 0 Å². The van der Waals surface area contributed by atoms with Gasteiger partial charge in [0, 0.05) is 12.8 Å². The SMILES string of the molecule is CCC(=O)CCC=N. The number of ketones is 1. The fourth-order valence-corrected chi connectivity index (χ4v) is 0.410. The summed E-state index contributed by atoms with van der Waals surface area (Å²) in [6, 6.07) is 0. The van der Waals surface area contributed by atoms with E-state index in [0.29, 0.717) is 19.3 Å². The minimum atomic E-state index is 0.244. The summed E-state index contributed by atoms with van der Waals surface area (Å²) in [4.78, 5) is 10.5. The summed E-state index contributed by atoms with van der Waals surface area (Å²) in [6.07, 6.45) is 3.02. The Morgan fingerprint density at radius 3 is 2.75 bits per heavy atom. The topological polar surface area (TPSA) is 40.9 Å². The Balaban J connectivity index is 3.11. The second kappa shape index (κ2) is 4.50. The van der Waals surface area contributed by atoms with Crippen molar-refractivity contribution in [3.63, 3.8) is 0 Å². The third-order valence-electron chi connectivity index (χ3n) is 0.962. The van der Waals surface area contributed by atoms with Gasteiger partial charge in [0.1, 0.15) is 5.78 Å². The number of carbonyl (C=O) groups is 1. The fourth-order valence-electron chi connectivity index (χ4n) is 0.410. The second-order valence-corrected chi connectivity index (χ2v) is 1.64. The Morgan fingerprint density at radius 1 is 1.75 bits per heavy atom. The van der Waals surface area contributed by atoms with Gasteiger partial charge < -0.3 is 5.41 Å². The van der Waals surface area contributed by atoms with Crippen molar-refractivity contribution in [2.45, 2.75) is 26.2 Å². The van der Waals surface area contributed by atoms with E-state index in [4.69, 9.17) is 5.41 Å². The highest BCUT2D eigenvalue weighted by Gasteiger charge is 1.93. The van der Waals surface area contributed by atoms with Crippen LogP contribution in [0.4, 0.5) is 0 Å². The maximum atomic E-state index is 10.5. The van der Waals surface area contributed by atoms with Gasteiger partial charge in [-0.05, 0) is 12.6 Å². The van der Waals surface area contributed by atoms with Gasteiger partial charge in [0.15, 0.2) is 0 Å². The molecule has 0 aromatic heterocycles. The van der Waals surface area contributed by atoms with Gasteiger partial charge in [-0.2, -0.15) is 0 Å². The molecule has 0 atom stereocenters. The molecule has 2 heteroatoms. The summed E-state index contributed by atoms with van der Waals surface area (Å²) in [5.41, 5.74) is 0. The molecule has 0 spiro atoms. The van der Waals surface area contributed by atoms with E-state index in [-0.39, 0.29) is 5.78 Å². The van der Waals surface area contributed by atoms with Gasteiger partial charge in [0.2, 0.25) is 0 Å². The molecular formula is C6H11NO. The van der Waals surface area contributed by atoms with E-state index in [1.54, 1.807) is 0 Å². The minimum Gasteiger partial charge on any atom is -0.313 e. The molecule has 0 aliphatic rings. The van der Waals surface area contributed by atoms with Crippen LogP contribution in [0, 0.1) is 5.41 Å². The molecule has 0 aromatic carbocycles. The lowest BCUT2D eigenvalue weighted by molar-refractivity contribution is -0.118. The molecule has 0 aromatic rings. The number of hydrogen-bond donors (Lipinski definition) is 1. The number of rotatable bonds is 4. The molecule has 0 unspecified atom stereocenters. The molecule has 0 fully saturated rings. The zero-order valence-corrected chi connectivity index (χ0v) is 5.11. The lowest BCUT2D eigenvalue weighted by Crippen LogP contribution is -1.93. The Hall–Kier alpha value is -0.660. The standard InChI is InChI=1S/C6H11NO/c1-2-6(8)4-3-5-7/h5,7H,2-4H2,1H3. The van der Waals surface area contributed by atoms with Crippen LogP contribution in [-0.4, -0.2) is 12.0 Å². The molecule has 0 amide bonds. The molecule has 0 heterocycles. The van der Waals surface area contributed by atoms with Crippen LogP contribution < -0.4 is 0 Å². The first kappa shape index (κ1) is 7.34. The van der Waals surface area contributed by atoms with Crippen LogP contribution in [0.15, 0.2) is 0 Å². The van der Waals surface area contributed by atoms with Crippen LogP contribution in [0.3, 0.4) is 0 Å². The van der Waals surface area contributed by atoms with Gasteiger partial charge in [0.05, 0.1) is 0 Å². The average molecular weight is 113 g/mol. The van der Waals surface area contributed by atoms with Crippen molar-refractivity contribution in [1.82, 2.24) is 0 Å². The highest BCUT2D eigenvalue weighted by molar-refractivity contribution is 5.80. The van der Waals surface area contributed by atoms with E-state index in [1.165, 1.54) is 6.21 Å². The average Bonchev–Trinajstić information content (AvgIpc) is 1.83. The molecule has 0 rings (SSSR count). The van der Waals surface area contributed by atoms with Crippen LogP contribution in [-0.2, 0) is 4.79 Å². The van der Waals surface area contributed by atoms with Gasteiger partial charge in [0.25, 0.3) is 0 Å². The van der Waals surface area contributed by atoms with Crippen molar-refractivity contribution in [1.29, 1.82) is 5.41 Å². The van der Waals surface area contributed by atoms with Crippen LogP contribution in [0.1, 0.15) is 26.2 Å². The van der Waals surface area contributed by atoms with E-state index in [1.807, 2.05) is 6.92 Å². The first-order valence-electron chi connectivity index (χ1n) is 2.82. The zero-order chi connectivity index (χ0) is 6.41. The predicted molar refractivity (Wildman–Crippen MR) is 33.3 cm³/mol. The van der Waals surface area contributed by atoms with Crippen molar-refractivity contribution in [2.24, 2.45) is 0 Å². The van der Waals surface area contributed by atoms with Gasteiger partial charge >= 0.3 is 0 Å². The summed E-state index contributed by atoms with van der Waals surface area (Å²) in [6.45, 7) is 1.84. The molecule has 0 aliphatic heterocycles. The van der Waals surface area contributed by atoms with Crippen LogP contribution in [0.2, 0.25) is 0 Å². The van der Waals surface area contributed by atoms with Gasteiger partial charge in [-0.25, -0.2) is 0 Å². The van der Waals surface area contributed by atoms with Gasteiger partial charge in [-0.3, -0.25) is 4.79 Å². The van der Waals surface area contributed by atoms with E-state index in [9.17, 15) is 4.79 Å². The quantitative estimate of drug-likeness (QED) is 0.550. The highest BCUT2D eigenvalue weighted by atomic mass is 16.1. The van der Waals surface area contributed by atoms with Crippen LogP contribution in [0.25, 0.3) is 0 Å². The van der Waals surface area contributed by atoms with Crippen LogP contribution in [0.5, 0.6) is 0 Å². The van der Waals surface area contributed by atoms with Crippen molar-refractivity contribution in [2.75, 3.05) is 0 Å². The molecule has 8 heavy (non-hydrogen) atoms. The van der Waals surface area contributed by atoms with Gasteiger partial charge in [-0.15, -0.1) is 0 Å². The molecule has 0 bridgehead atoms. The Kier molecular flexibility index (Phi) is 4.13. The first-order chi connectivity index (χ1) is 3.81. The molecule has 0 saturated carbocycles. The van der Waals surface area contributed by atoms with Crippen molar-refractivity contribution in [3.05, 3.63) is 0 Å². The monoisotopic (exact) mass is 113 g/mol. The molecule has 0 aliphatic carbocycles. The number of carbonyl (C=O) groups excluding carboxylic acids is 1. The third kappa shape index (κ3) is 3.53. The number of Topliss-reactive ketones (excluding diaryl/α,β-unsaturated/α-hetero) is 1. The number of nitrogens with one attached hydrogen (secondary N) is 1. The predicted octanol–water partition coefficient (Wildman–Crippen LogP) is 1.40. The lowest BCUT2D eigenvalue weighted by atomic mass is 10.2. The molecule has 0 saturated heterocycles. The first-order valence-corrected chi connectivity index (χ1v) is 2.82. The Bertz CT molecular complexity index is 88.5. The Labute approximate surface area is 49.4 Å². The van der Waals surface area contributed by atoms with E-state index >= 15 is 0 Å². The normalized spacial score (nSPS) is 8.62. The minimum absolute atomic E-state index is 0.244. The van der Waals surface area contributed by atoms with E-state index < -0.39 is 0 Å². The highest BCUT2D eigenvalue weighted by Crippen LogP contribution is 1.90. The largest absolute Gasteiger partial charge is 0.313 e. The molecule has 1 N–H and O–H groups in total. The lowest BCUT2D eigenvalue weighted by Gasteiger charge is -1.87. The van der Waals surface area contributed by atoms with Gasteiger partial charge in [-0.1, -0.05) is 6.92 Å². The maximum Gasteiger partial charge on any atom is 0.133 e. The van der Waals surface area contributed by atoms with Crippen molar-refractivity contribution < 1.29 is 4.79 Å². The summed E-state index contributed by atoms with van der Waals surface area (Å²) >= 11 is 0.